The fraction of sp³-hybridized carbons (Fsp3) is 0.478. The highest BCUT2D eigenvalue weighted by Crippen LogP contribution is 2.27. The van der Waals surface area contributed by atoms with Crippen LogP contribution in [-0.2, 0) is 11.2 Å². The Morgan fingerprint density at radius 2 is 2.00 bits per heavy atom. The molecule has 166 valence electrons. The van der Waals surface area contributed by atoms with E-state index in [1.54, 1.807) is 6.20 Å². The highest BCUT2D eigenvalue weighted by molar-refractivity contribution is 5.92. The Balaban J connectivity index is 1.78. The Hall–Kier alpha value is -3.16. The molecule has 0 aliphatic carbocycles. The first-order chi connectivity index (χ1) is 14.7. The molecule has 2 heterocycles. The van der Waals surface area contributed by atoms with Gasteiger partial charge in [0.15, 0.2) is 12.2 Å². The fourth-order valence-electron chi connectivity index (χ4n) is 3.01. The SMILES string of the molecule is CC(C)CCc1nc(NCCNC(=O)OC(C)(C)C)c2cc(-c3cnco3)ccc2n1. The van der Waals surface area contributed by atoms with Gasteiger partial charge >= 0.3 is 6.09 Å². The van der Waals surface area contributed by atoms with Crippen LogP contribution in [-0.4, -0.2) is 39.7 Å². The number of hydrogen-bond donors (Lipinski definition) is 2. The van der Waals surface area contributed by atoms with E-state index >= 15 is 0 Å². The molecule has 1 aromatic carbocycles. The Kier molecular flexibility index (Phi) is 7.09. The van der Waals surface area contributed by atoms with E-state index in [9.17, 15) is 4.79 Å². The topological polar surface area (TPSA) is 102 Å². The normalized spacial score (nSPS) is 11.7. The molecule has 31 heavy (non-hydrogen) atoms. The summed E-state index contributed by atoms with van der Waals surface area (Å²) in [7, 11) is 0. The molecule has 2 N–H and O–H groups in total. The van der Waals surface area contributed by atoms with Crippen molar-refractivity contribution in [2.75, 3.05) is 18.4 Å². The van der Waals surface area contributed by atoms with Crippen molar-refractivity contribution in [3.05, 3.63) is 36.6 Å². The second-order valence-corrected chi connectivity index (χ2v) is 8.87. The highest BCUT2D eigenvalue weighted by Gasteiger charge is 2.16. The number of nitrogens with zero attached hydrogens (tertiary/aromatic N) is 3. The number of carbonyl (C=O) groups excluding carboxylic acids is 1. The van der Waals surface area contributed by atoms with E-state index < -0.39 is 11.7 Å². The molecule has 0 bridgehead atoms. The summed E-state index contributed by atoms with van der Waals surface area (Å²) in [6.07, 6.45) is 4.47. The van der Waals surface area contributed by atoms with Gasteiger partial charge in [0, 0.05) is 30.5 Å². The predicted molar refractivity (Wildman–Crippen MR) is 121 cm³/mol. The van der Waals surface area contributed by atoms with Crippen LogP contribution in [0.5, 0.6) is 0 Å². The number of hydrogen-bond acceptors (Lipinski definition) is 7. The van der Waals surface area contributed by atoms with Gasteiger partial charge in [-0.2, -0.15) is 0 Å². The van der Waals surface area contributed by atoms with Gasteiger partial charge in [-0.15, -0.1) is 0 Å². The zero-order valence-corrected chi connectivity index (χ0v) is 18.9. The predicted octanol–water partition coefficient (Wildman–Crippen LogP) is 4.81. The number of amides is 1. The van der Waals surface area contributed by atoms with Crippen LogP contribution in [0.15, 0.2) is 35.2 Å². The fourth-order valence-corrected chi connectivity index (χ4v) is 3.01. The lowest BCUT2D eigenvalue weighted by Crippen LogP contribution is -2.35. The van der Waals surface area contributed by atoms with Gasteiger partial charge in [-0.05, 0) is 51.3 Å². The molecule has 1 amide bonds. The number of aryl methyl sites for hydroxylation is 1. The second-order valence-electron chi connectivity index (χ2n) is 8.87. The Morgan fingerprint density at radius 1 is 1.19 bits per heavy atom. The van der Waals surface area contributed by atoms with Crippen molar-refractivity contribution < 1.29 is 13.9 Å². The maximum Gasteiger partial charge on any atom is 0.407 e. The number of benzene rings is 1. The number of carbonyl (C=O) groups is 1. The molecule has 0 aliphatic rings. The van der Waals surface area contributed by atoms with Gasteiger partial charge < -0.3 is 19.8 Å². The van der Waals surface area contributed by atoms with Gasteiger partial charge in [0.1, 0.15) is 17.2 Å². The van der Waals surface area contributed by atoms with Crippen molar-refractivity contribution in [2.24, 2.45) is 5.92 Å². The summed E-state index contributed by atoms with van der Waals surface area (Å²) in [6.45, 7) is 10.8. The molecule has 0 atom stereocenters. The second kappa shape index (κ2) is 9.76. The maximum atomic E-state index is 11.9. The molecular formula is C23H31N5O3. The van der Waals surface area contributed by atoms with Gasteiger partial charge in [0.25, 0.3) is 0 Å². The number of ether oxygens (including phenoxy) is 1. The van der Waals surface area contributed by atoms with Crippen molar-refractivity contribution in [2.45, 2.75) is 53.1 Å². The third-order valence-electron chi connectivity index (χ3n) is 4.49. The Bertz CT molecular complexity index is 1010. The summed E-state index contributed by atoms with van der Waals surface area (Å²) < 4.78 is 10.7. The monoisotopic (exact) mass is 425 g/mol. The zero-order valence-electron chi connectivity index (χ0n) is 18.9. The van der Waals surface area contributed by atoms with E-state index in [-0.39, 0.29) is 0 Å². The van der Waals surface area contributed by atoms with E-state index in [2.05, 4.69) is 29.5 Å². The van der Waals surface area contributed by atoms with E-state index in [1.807, 2.05) is 39.0 Å². The molecule has 0 saturated heterocycles. The lowest BCUT2D eigenvalue weighted by Gasteiger charge is -2.19. The third kappa shape index (κ3) is 6.67. The molecule has 0 unspecified atom stereocenters. The number of oxazole rings is 1. The summed E-state index contributed by atoms with van der Waals surface area (Å²) in [5, 5.41) is 6.98. The largest absolute Gasteiger partial charge is 0.444 e. The molecule has 8 nitrogen and oxygen atoms in total. The first-order valence-electron chi connectivity index (χ1n) is 10.6. The Labute approximate surface area is 182 Å². The van der Waals surface area contributed by atoms with Crippen molar-refractivity contribution in [1.82, 2.24) is 20.3 Å². The summed E-state index contributed by atoms with van der Waals surface area (Å²) >= 11 is 0. The lowest BCUT2D eigenvalue weighted by molar-refractivity contribution is 0.0530. The first kappa shape index (κ1) is 22.5. The van der Waals surface area contributed by atoms with Crippen molar-refractivity contribution in [1.29, 1.82) is 0 Å². The zero-order chi connectivity index (χ0) is 22.4. The van der Waals surface area contributed by atoms with Crippen LogP contribution in [0.1, 0.15) is 46.9 Å². The number of anilines is 1. The van der Waals surface area contributed by atoms with Crippen LogP contribution in [0.3, 0.4) is 0 Å². The standard InChI is InChI=1S/C23H31N5O3/c1-15(2)6-9-20-27-18-8-7-16(19-13-24-14-30-19)12-17(18)21(28-20)25-10-11-26-22(29)31-23(3,4)5/h7-8,12-15H,6,9-11H2,1-5H3,(H,26,29)(H,25,27,28). The first-order valence-corrected chi connectivity index (χ1v) is 10.6. The number of nitrogens with one attached hydrogen (secondary N) is 2. The van der Waals surface area contributed by atoms with E-state index in [0.717, 1.165) is 41.0 Å². The van der Waals surface area contributed by atoms with Gasteiger partial charge in [0.05, 0.1) is 11.7 Å². The van der Waals surface area contributed by atoms with Crippen LogP contribution in [0, 0.1) is 5.92 Å². The quantitative estimate of drug-likeness (QED) is 0.499. The van der Waals surface area contributed by atoms with Crippen LogP contribution < -0.4 is 10.6 Å². The summed E-state index contributed by atoms with van der Waals surface area (Å²) in [5.41, 5.74) is 1.24. The van der Waals surface area contributed by atoms with E-state index in [0.29, 0.717) is 24.8 Å². The number of aromatic nitrogens is 3. The van der Waals surface area contributed by atoms with Crippen molar-refractivity contribution in [3.8, 4) is 11.3 Å². The van der Waals surface area contributed by atoms with E-state index in [4.69, 9.17) is 19.1 Å². The van der Waals surface area contributed by atoms with Crippen LogP contribution >= 0.6 is 0 Å². The van der Waals surface area contributed by atoms with Crippen LogP contribution in [0.4, 0.5) is 10.6 Å². The number of fused-ring (bicyclic) bond motifs is 1. The average molecular weight is 426 g/mol. The number of rotatable bonds is 8. The smallest absolute Gasteiger partial charge is 0.407 e. The van der Waals surface area contributed by atoms with Gasteiger partial charge in [-0.3, -0.25) is 0 Å². The lowest BCUT2D eigenvalue weighted by atomic mass is 10.1. The van der Waals surface area contributed by atoms with Gasteiger partial charge in [-0.1, -0.05) is 13.8 Å². The summed E-state index contributed by atoms with van der Waals surface area (Å²) in [4.78, 5) is 25.4. The molecule has 2 aromatic heterocycles. The minimum absolute atomic E-state index is 0.406. The third-order valence-corrected chi connectivity index (χ3v) is 4.49. The Morgan fingerprint density at radius 3 is 2.68 bits per heavy atom. The summed E-state index contributed by atoms with van der Waals surface area (Å²) in [6, 6.07) is 5.93. The molecule has 0 fully saturated rings. The van der Waals surface area contributed by atoms with Crippen LogP contribution in [0.2, 0.25) is 0 Å². The molecule has 3 rings (SSSR count). The van der Waals surface area contributed by atoms with Crippen molar-refractivity contribution in [3.63, 3.8) is 0 Å². The minimum atomic E-state index is -0.525. The number of alkyl carbamates (subject to hydrolysis) is 1. The molecular weight excluding hydrogens is 394 g/mol. The molecule has 0 saturated carbocycles. The van der Waals surface area contributed by atoms with Crippen LogP contribution in [0.25, 0.3) is 22.2 Å². The average Bonchev–Trinajstić information content (AvgIpc) is 3.22. The minimum Gasteiger partial charge on any atom is -0.444 e. The summed E-state index contributed by atoms with van der Waals surface area (Å²) in [5.74, 6) is 2.79. The molecule has 3 aromatic rings. The van der Waals surface area contributed by atoms with Gasteiger partial charge in [0.2, 0.25) is 0 Å². The van der Waals surface area contributed by atoms with Crippen molar-refractivity contribution >= 4 is 22.8 Å². The maximum absolute atomic E-state index is 11.9. The molecule has 0 radical (unpaired) electrons. The molecule has 0 spiro atoms. The van der Waals surface area contributed by atoms with E-state index in [1.165, 1.54) is 6.39 Å². The molecule has 8 heteroatoms. The van der Waals surface area contributed by atoms with Gasteiger partial charge in [-0.25, -0.2) is 19.7 Å². The molecule has 0 aliphatic heterocycles. The highest BCUT2D eigenvalue weighted by atomic mass is 16.6.